The number of amides is 2. The minimum absolute atomic E-state index is 0.0754. The molecule has 33 heavy (non-hydrogen) atoms. The Kier molecular flexibility index (Phi) is 5.63. The van der Waals surface area contributed by atoms with Crippen LogP contribution in [0.4, 0.5) is 4.39 Å². The Labute approximate surface area is 188 Å². The molecule has 4 rings (SSSR count). The summed E-state index contributed by atoms with van der Waals surface area (Å²) in [5, 5.41) is 5.63. The highest BCUT2D eigenvalue weighted by molar-refractivity contribution is 6.46. The summed E-state index contributed by atoms with van der Waals surface area (Å²) in [7, 11) is 2.84. The van der Waals surface area contributed by atoms with E-state index in [1.165, 1.54) is 44.6 Å². The number of aromatic amines is 1. The summed E-state index contributed by atoms with van der Waals surface area (Å²) in [6.45, 7) is 3.68. The molecule has 0 aliphatic carbocycles. The summed E-state index contributed by atoms with van der Waals surface area (Å²) < 4.78 is 25.6. The molecular formula is C24H22FN3O5. The van der Waals surface area contributed by atoms with Crippen molar-refractivity contribution in [1.82, 2.24) is 15.6 Å². The van der Waals surface area contributed by atoms with E-state index in [1.54, 1.807) is 6.07 Å². The van der Waals surface area contributed by atoms with Crippen molar-refractivity contribution in [1.29, 1.82) is 0 Å². The molecule has 3 N–H and O–H groups in total. The van der Waals surface area contributed by atoms with Crippen LogP contribution in [0.3, 0.4) is 0 Å². The number of carbonyl (C=O) groups excluding carboxylic acids is 3. The number of ketones is 1. The fourth-order valence-electron chi connectivity index (χ4n) is 3.74. The molecule has 9 heteroatoms. The van der Waals surface area contributed by atoms with E-state index in [0.717, 1.165) is 0 Å². The normalized spacial score (nSPS) is 11.2. The number of halogens is 1. The maximum atomic E-state index is 13.5. The summed E-state index contributed by atoms with van der Waals surface area (Å²) in [4.78, 5) is 40.8. The van der Waals surface area contributed by atoms with Gasteiger partial charge in [-0.3, -0.25) is 14.4 Å². The summed E-state index contributed by atoms with van der Waals surface area (Å²) >= 11 is 0. The van der Waals surface area contributed by atoms with E-state index in [2.05, 4.69) is 15.6 Å². The predicted octanol–water partition coefficient (Wildman–Crippen LogP) is 3.80. The lowest BCUT2D eigenvalue weighted by molar-refractivity contribution is -0.116. The third-order valence-corrected chi connectivity index (χ3v) is 5.18. The van der Waals surface area contributed by atoms with Crippen molar-refractivity contribution in [2.75, 3.05) is 14.1 Å². The third kappa shape index (κ3) is 3.71. The summed E-state index contributed by atoms with van der Waals surface area (Å²) in [6.07, 6.45) is 1.20. The van der Waals surface area contributed by atoms with Crippen LogP contribution in [0.25, 0.3) is 33.2 Å². The highest BCUT2D eigenvalue weighted by Crippen LogP contribution is 2.42. The molecule has 8 nitrogen and oxygen atoms in total. The van der Waals surface area contributed by atoms with E-state index in [1.807, 2.05) is 13.8 Å². The number of fused-ring (bicyclic) bond motifs is 3. The van der Waals surface area contributed by atoms with Gasteiger partial charge in [-0.15, -0.1) is 0 Å². The Hall–Kier alpha value is -4.14. The molecule has 0 unspecified atom stereocenters. The molecule has 0 fully saturated rings. The number of ether oxygens (including phenoxy) is 1. The van der Waals surface area contributed by atoms with E-state index in [0.29, 0.717) is 27.6 Å². The van der Waals surface area contributed by atoms with Crippen LogP contribution in [0.2, 0.25) is 0 Å². The molecular weight excluding hydrogens is 429 g/mol. The number of Topliss-reactive ketones (excluding diaryl/α,β-unsaturated/α-hetero) is 1. The number of nitrogens with one attached hydrogen (secondary N) is 3. The quantitative estimate of drug-likeness (QED) is 0.305. The van der Waals surface area contributed by atoms with Crippen LogP contribution in [0, 0.1) is 5.82 Å². The second-order valence-electron chi connectivity index (χ2n) is 7.67. The van der Waals surface area contributed by atoms with Crippen LogP contribution in [-0.4, -0.2) is 42.8 Å². The van der Waals surface area contributed by atoms with E-state index >= 15 is 0 Å². The number of hydrogen-bond acceptors (Lipinski definition) is 5. The molecule has 170 valence electrons. The zero-order valence-electron chi connectivity index (χ0n) is 18.5. The molecule has 0 saturated carbocycles. The van der Waals surface area contributed by atoms with Crippen LogP contribution in [0.1, 0.15) is 34.6 Å². The predicted molar refractivity (Wildman–Crippen MR) is 121 cm³/mol. The molecule has 0 radical (unpaired) electrons. The molecule has 2 amide bonds. The molecule has 0 bridgehead atoms. The van der Waals surface area contributed by atoms with Gasteiger partial charge in [0.05, 0.1) is 28.1 Å². The largest absolute Gasteiger partial charge is 0.489 e. The van der Waals surface area contributed by atoms with Crippen molar-refractivity contribution < 1.29 is 27.9 Å². The first-order valence-corrected chi connectivity index (χ1v) is 10.3. The highest BCUT2D eigenvalue weighted by atomic mass is 19.1. The number of hydrogen-bond donors (Lipinski definition) is 3. The smallest absolute Gasteiger partial charge is 0.292 e. The van der Waals surface area contributed by atoms with Crippen molar-refractivity contribution in [3.05, 3.63) is 53.5 Å². The van der Waals surface area contributed by atoms with E-state index < -0.39 is 23.4 Å². The lowest BCUT2D eigenvalue weighted by atomic mass is 10.0. The van der Waals surface area contributed by atoms with Crippen LogP contribution in [0.5, 0.6) is 5.75 Å². The first-order valence-electron chi connectivity index (χ1n) is 10.3. The summed E-state index contributed by atoms with van der Waals surface area (Å²) in [5.41, 5.74) is 1.43. The molecule has 0 aliphatic heterocycles. The van der Waals surface area contributed by atoms with Gasteiger partial charge in [-0.05, 0) is 44.2 Å². The third-order valence-electron chi connectivity index (χ3n) is 5.18. The Bertz CT molecular complexity index is 1400. The van der Waals surface area contributed by atoms with E-state index in [9.17, 15) is 18.8 Å². The fourth-order valence-corrected chi connectivity index (χ4v) is 3.74. The maximum absolute atomic E-state index is 13.5. The van der Waals surface area contributed by atoms with Gasteiger partial charge >= 0.3 is 0 Å². The van der Waals surface area contributed by atoms with Crippen molar-refractivity contribution in [3.63, 3.8) is 0 Å². The van der Waals surface area contributed by atoms with Crippen LogP contribution in [-0.2, 0) is 4.79 Å². The number of H-pyrrole nitrogens is 1. The van der Waals surface area contributed by atoms with Crippen LogP contribution in [0.15, 0.2) is 40.9 Å². The topological polar surface area (TPSA) is 113 Å². The van der Waals surface area contributed by atoms with Gasteiger partial charge in [0, 0.05) is 31.2 Å². The van der Waals surface area contributed by atoms with Gasteiger partial charge in [0.25, 0.3) is 17.6 Å². The Balaban J connectivity index is 2.14. The molecule has 0 spiro atoms. The van der Waals surface area contributed by atoms with Gasteiger partial charge in [0.2, 0.25) is 0 Å². The van der Waals surface area contributed by atoms with Crippen molar-refractivity contribution in [2.45, 2.75) is 20.0 Å². The second-order valence-corrected chi connectivity index (χ2v) is 7.67. The lowest BCUT2D eigenvalue weighted by Gasteiger charge is -2.11. The Morgan fingerprint density at radius 1 is 1.09 bits per heavy atom. The van der Waals surface area contributed by atoms with Crippen molar-refractivity contribution >= 4 is 39.5 Å². The zero-order valence-corrected chi connectivity index (χ0v) is 18.5. The number of aromatic nitrogens is 1. The standard InChI is InChI=1S/C24H22FN3O5/c1-11(2)32-16-9-14-18(23(30)26-3)21(12-5-7-13(25)8-6-12)33-22(14)17-15(10-28-19(16)17)20(29)24(31)27-4/h5-11,28H,1-4H3,(H,26,30)(H,27,31). The second kappa shape index (κ2) is 8.42. The summed E-state index contributed by atoms with van der Waals surface area (Å²) in [5.74, 6) is -1.84. The van der Waals surface area contributed by atoms with Crippen molar-refractivity contribution in [2.24, 2.45) is 0 Å². The van der Waals surface area contributed by atoms with Crippen LogP contribution < -0.4 is 15.4 Å². The average Bonchev–Trinajstić information content (AvgIpc) is 3.40. The van der Waals surface area contributed by atoms with E-state index in [4.69, 9.17) is 9.15 Å². The first-order chi connectivity index (χ1) is 15.8. The van der Waals surface area contributed by atoms with Crippen molar-refractivity contribution in [3.8, 4) is 17.1 Å². The molecule has 0 aliphatic rings. The van der Waals surface area contributed by atoms with Gasteiger partial charge in [-0.1, -0.05) is 0 Å². The molecule has 0 atom stereocenters. The molecule has 2 aromatic heterocycles. The minimum atomic E-state index is -0.795. The monoisotopic (exact) mass is 451 g/mol. The summed E-state index contributed by atoms with van der Waals surface area (Å²) in [6, 6.07) is 7.17. The molecule has 0 saturated heterocycles. The molecule has 2 aromatic carbocycles. The Morgan fingerprint density at radius 2 is 1.79 bits per heavy atom. The van der Waals surface area contributed by atoms with Gasteiger partial charge in [0.1, 0.15) is 22.9 Å². The SMILES string of the molecule is CNC(=O)C(=O)c1c[nH]c2c(OC(C)C)cc3c(C(=O)NC)c(-c4ccc(F)cc4)oc3c12. The first kappa shape index (κ1) is 22.1. The maximum Gasteiger partial charge on any atom is 0.292 e. The number of furan rings is 1. The zero-order chi connectivity index (χ0) is 23.9. The van der Waals surface area contributed by atoms with Gasteiger partial charge < -0.3 is 24.8 Å². The number of carbonyl (C=O) groups is 3. The average molecular weight is 451 g/mol. The van der Waals surface area contributed by atoms with E-state index in [-0.39, 0.29) is 28.6 Å². The van der Waals surface area contributed by atoms with Crippen LogP contribution >= 0.6 is 0 Å². The molecule has 4 aromatic rings. The number of benzene rings is 2. The number of rotatable bonds is 6. The van der Waals surface area contributed by atoms with Gasteiger partial charge in [0.15, 0.2) is 0 Å². The van der Waals surface area contributed by atoms with Gasteiger partial charge in [-0.2, -0.15) is 0 Å². The van der Waals surface area contributed by atoms with Gasteiger partial charge in [-0.25, -0.2) is 4.39 Å². The number of likely N-dealkylation sites (N-methyl/N-ethyl adjacent to an activating group) is 1. The highest BCUT2D eigenvalue weighted by Gasteiger charge is 2.29. The minimum Gasteiger partial charge on any atom is -0.489 e. The fraction of sp³-hybridized carbons (Fsp3) is 0.208. The Morgan fingerprint density at radius 3 is 2.39 bits per heavy atom. The molecule has 2 heterocycles. The lowest BCUT2D eigenvalue weighted by Crippen LogP contribution is -2.27.